The summed E-state index contributed by atoms with van der Waals surface area (Å²) in [6.45, 7) is 11.0. The third-order valence-electron chi connectivity index (χ3n) is 6.43. The highest BCUT2D eigenvalue weighted by molar-refractivity contribution is 14.0. The standard InChI is InChI=1S/C22H34N4O.HI/c1-2-23-21(26-11-10-22(18-26)8-3-9-22)24-16-19-4-6-20(7-5-19)17-25-12-14-27-15-13-25;/h4-7H,2-3,8-18H2,1H3,(H,23,24);1H. The zero-order chi connectivity index (χ0) is 18.5. The zero-order valence-corrected chi connectivity index (χ0v) is 19.5. The quantitative estimate of drug-likeness (QED) is 0.384. The number of guanidine groups is 1. The minimum absolute atomic E-state index is 0. The van der Waals surface area contributed by atoms with E-state index in [1.165, 1.54) is 43.4 Å². The molecular weight excluding hydrogens is 463 g/mol. The number of benzene rings is 1. The summed E-state index contributed by atoms with van der Waals surface area (Å²) in [6.07, 6.45) is 5.58. The van der Waals surface area contributed by atoms with Crippen molar-refractivity contribution in [2.75, 3.05) is 45.9 Å². The molecule has 1 saturated carbocycles. The fraction of sp³-hybridized carbons (Fsp3) is 0.682. The topological polar surface area (TPSA) is 40.1 Å². The van der Waals surface area contributed by atoms with Crippen molar-refractivity contribution in [2.45, 2.75) is 45.7 Å². The van der Waals surface area contributed by atoms with Crippen LogP contribution in [-0.2, 0) is 17.8 Å². The van der Waals surface area contributed by atoms with Crippen molar-refractivity contribution in [3.8, 4) is 0 Å². The molecule has 0 aromatic heterocycles. The fourth-order valence-corrected chi connectivity index (χ4v) is 4.56. The van der Waals surface area contributed by atoms with Crippen molar-refractivity contribution in [3.63, 3.8) is 0 Å². The molecule has 1 aliphatic carbocycles. The SMILES string of the molecule is CCNC(=NCc1ccc(CN2CCOCC2)cc1)N1CCC2(CCC2)C1.I. The Balaban J connectivity index is 0.00000225. The summed E-state index contributed by atoms with van der Waals surface area (Å²) in [5.41, 5.74) is 3.27. The van der Waals surface area contributed by atoms with Gasteiger partial charge in [0.1, 0.15) is 0 Å². The van der Waals surface area contributed by atoms with Gasteiger partial charge in [0, 0.05) is 39.3 Å². The summed E-state index contributed by atoms with van der Waals surface area (Å²) in [7, 11) is 0. The Kier molecular flexibility index (Phi) is 8.00. The summed E-state index contributed by atoms with van der Waals surface area (Å²) >= 11 is 0. The zero-order valence-electron chi connectivity index (χ0n) is 17.2. The van der Waals surface area contributed by atoms with Crippen LogP contribution in [0.15, 0.2) is 29.3 Å². The Hall–Kier alpha value is -0.860. The van der Waals surface area contributed by atoms with E-state index in [1.807, 2.05) is 0 Å². The molecule has 2 aliphatic heterocycles. The van der Waals surface area contributed by atoms with Crippen LogP contribution in [0, 0.1) is 5.41 Å². The maximum absolute atomic E-state index is 5.43. The molecule has 156 valence electrons. The van der Waals surface area contributed by atoms with Crippen LogP contribution in [0.1, 0.15) is 43.7 Å². The van der Waals surface area contributed by atoms with Gasteiger partial charge in [0.2, 0.25) is 0 Å². The number of hydrogen-bond acceptors (Lipinski definition) is 3. The first kappa shape index (κ1) is 21.8. The molecule has 5 nitrogen and oxygen atoms in total. The van der Waals surface area contributed by atoms with Gasteiger partial charge in [-0.2, -0.15) is 0 Å². The minimum Gasteiger partial charge on any atom is -0.379 e. The molecule has 1 aromatic carbocycles. The maximum atomic E-state index is 5.43. The number of halogens is 1. The lowest BCUT2D eigenvalue weighted by atomic mass is 9.68. The van der Waals surface area contributed by atoms with Gasteiger partial charge in [-0.25, -0.2) is 4.99 Å². The molecule has 0 radical (unpaired) electrons. The number of ether oxygens (including phenoxy) is 1. The summed E-state index contributed by atoms with van der Waals surface area (Å²) in [5, 5.41) is 3.50. The highest BCUT2D eigenvalue weighted by Crippen LogP contribution is 2.47. The summed E-state index contributed by atoms with van der Waals surface area (Å²) < 4.78 is 5.43. The molecule has 6 heteroatoms. The number of hydrogen-bond donors (Lipinski definition) is 1. The molecule has 1 N–H and O–H groups in total. The summed E-state index contributed by atoms with van der Waals surface area (Å²) in [6, 6.07) is 8.99. The number of nitrogens with one attached hydrogen (secondary N) is 1. The average Bonchev–Trinajstić information content (AvgIpc) is 3.13. The second kappa shape index (κ2) is 10.3. The lowest BCUT2D eigenvalue weighted by Crippen LogP contribution is -2.42. The molecule has 0 unspecified atom stereocenters. The van der Waals surface area contributed by atoms with E-state index >= 15 is 0 Å². The molecule has 2 heterocycles. The van der Waals surface area contributed by atoms with E-state index < -0.39 is 0 Å². The van der Waals surface area contributed by atoms with Crippen LogP contribution in [0.3, 0.4) is 0 Å². The summed E-state index contributed by atoms with van der Waals surface area (Å²) in [5.74, 6) is 1.10. The fourth-order valence-electron chi connectivity index (χ4n) is 4.56. The first-order valence-electron chi connectivity index (χ1n) is 10.7. The van der Waals surface area contributed by atoms with Crippen LogP contribution in [0.25, 0.3) is 0 Å². The van der Waals surface area contributed by atoms with E-state index in [2.05, 4.69) is 46.3 Å². The Morgan fingerprint density at radius 3 is 2.39 bits per heavy atom. The monoisotopic (exact) mass is 498 g/mol. The van der Waals surface area contributed by atoms with Crippen LogP contribution in [0.4, 0.5) is 0 Å². The number of aliphatic imine (C=N–C) groups is 1. The van der Waals surface area contributed by atoms with E-state index in [9.17, 15) is 0 Å². The van der Waals surface area contributed by atoms with Crippen LogP contribution < -0.4 is 5.32 Å². The molecule has 0 amide bonds. The van der Waals surface area contributed by atoms with Crippen molar-refractivity contribution < 1.29 is 4.74 Å². The van der Waals surface area contributed by atoms with Gasteiger partial charge in [0.15, 0.2) is 5.96 Å². The molecule has 0 bridgehead atoms. The van der Waals surface area contributed by atoms with E-state index in [-0.39, 0.29) is 24.0 Å². The molecule has 3 aliphatic rings. The largest absolute Gasteiger partial charge is 0.379 e. The van der Waals surface area contributed by atoms with Gasteiger partial charge in [-0.3, -0.25) is 4.90 Å². The molecule has 1 aromatic rings. The molecular formula is C22H35IN4O. The van der Waals surface area contributed by atoms with Crippen LogP contribution >= 0.6 is 24.0 Å². The van der Waals surface area contributed by atoms with Crippen LogP contribution in [0.2, 0.25) is 0 Å². The van der Waals surface area contributed by atoms with Gasteiger partial charge in [0.05, 0.1) is 19.8 Å². The number of morpholine rings is 1. The third-order valence-corrected chi connectivity index (χ3v) is 6.43. The molecule has 4 rings (SSSR count). The van der Waals surface area contributed by atoms with Crippen molar-refractivity contribution in [1.82, 2.24) is 15.1 Å². The Morgan fingerprint density at radius 2 is 1.79 bits per heavy atom. The molecule has 2 saturated heterocycles. The van der Waals surface area contributed by atoms with Crippen molar-refractivity contribution in [3.05, 3.63) is 35.4 Å². The average molecular weight is 498 g/mol. The maximum Gasteiger partial charge on any atom is 0.194 e. The number of rotatable bonds is 5. The van der Waals surface area contributed by atoms with Gasteiger partial charge in [-0.1, -0.05) is 30.7 Å². The second-order valence-corrected chi connectivity index (χ2v) is 8.40. The minimum atomic E-state index is 0. The molecule has 3 fully saturated rings. The Labute approximate surface area is 186 Å². The van der Waals surface area contributed by atoms with E-state index in [4.69, 9.17) is 9.73 Å². The van der Waals surface area contributed by atoms with Gasteiger partial charge in [0.25, 0.3) is 0 Å². The third kappa shape index (κ3) is 5.39. The van der Waals surface area contributed by atoms with Gasteiger partial charge in [-0.05, 0) is 42.7 Å². The first-order valence-corrected chi connectivity index (χ1v) is 10.7. The smallest absolute Gasteiger partial charge is 0.194 e. The van der Waals surface area contributed by atoms with Gasteiger partial charge in [-0.15, -0.1) is 24.0 Å². The van der Waals surface area contributed by atoms with Crippen molar-refractivity contribution >= 4 is 29.9 Å². The van der Waals surface area contributed by atoms with Crippen LogP contribution in [-0.4, -0.2) is 61.7 Å². The first-order chi connectivity index (χ1) is 13.3. The van der Waals surface area contributed by atoms with Crippen LogP contribution in [0.5, 0.6) is 0 Å². The Bertz CT molecular complexity index is 638. The lowest BCUT2D eigenvalue weighted by Gasteiger charge is -2.38. The lowest BCUT2D eigenvalue weighted by molar-refractivity contribution is 0.0342. The van der Waals surface area contributed by atoms with E-state index in [0.717, 1.165) is 58.4 Å². The molecule has 28 heavy (non-hydrogen) atoms. The van der Waals surface area contributed by atoms with Gasteiger partial charge >= 0.3 is 0 Å². The van der Waals surface area contributed by atoms with E-state index in [1.54, 1.807) is 0 Å². The predicted molar refractivity (Wildman–Crippen MR) is 125 cm³/mol. The number of likely N-dealkylation sites (tertiary alicyclic amines) is 1. The van der Waals surface area contributed by atoms with Gasteiger partial charge < -0.3 is 15.0 Å². The molecule has 1 spiro atoms. The van der Waals surface area contributed by atoms with Crippen molar-refractivity contribution in [1.29, 1.82) is 0 Å². The highest BCUT2D eigenvalue weighted by atomic mass is 127. The normalized spacial score (nSPS) is 22.0. The molecule has 0 atom stereocenters. The van der Waals surface area contributed by atoms with Crippen molar-refractivity contribution in [2.24, 2.45) is 10.4 Å². The number of nitrogens with zero attached hydrogens (tertiary/aromatic N) is 3. The van der Waals surface area contributed by atoms with E-state index in [0.29, 0.717) is 5.41 Å². The predicted octanol–water partition coefficient (Wildman–Crippen LogP) is 3.48. The second-order valence-electron chi connectivity index (χ2n) is 8.40. The summed E-state index contributed by atoms with van der Waals surface area (Å²) in [4.78, 5) is 9.88. The Morgan fingerprint density at radius 1 is 1.07 bits per heavy atom. The highest BCUT2D eigenvalue weighted by Gasteiger charge is 2.43.